The molecule has 0 N–H and O–H groups in total. The molecule has 0 aliphatic carbocycles. The molecular formula is C19H16ClNOS. The summed E-state index contributed by atoms with van der Waals surface area (Å²) in [6.07, 6.45) is 5.38. The average Bonchev–Trinajstić information content (AvgIpc) is 2.78. The number of allylic oxidation sites excluding steroid dienone is 2. The lowest BCUT2D eigenvalue weighted by molar-refractivity contribution is 0.652. The van der Waals surface area contributed by atoms with E-state index < -0.39 is 11.0 Å². The van der Waals surface area contributed by atoms with Crippen molar-refractivity contribution in [3.8, 4) is 0 Å². The first-order chi connectivity index (χ1) is 11.2. The van der Waals surface area contributed by atoms with Gasteiger partial charge in [0.2, 0.25) is 0 Å². The van der Waals surface area contributed by atoms with Gasteiger partial charge in [0.15, 0.2) is 0 Å². The van der Waals surface area contributed by atoms with E-state index in [2.05, 4.69) is 60.7 Å². The van der Waals surface area contributed by atoms with Crippen LogP contribution in [0.25, 0.3) is 21.5 Å². The molecule has 3 aromatic carbocycles. The van der Waals surface area contributed by atoms with Gasteiger partial charge in [-0.05, 0) is 45.5 Å². The zero-order chi connectivity index (χ0) is 16.1. The Morgan fingerprint density at radius 1 is 0.826 bits per heavy atom. The zero-order valence-corrected chi connectivity index (χ0v) is 14.0. The van der Waals surface area contributed by atoms with Crippen LogP contribution in [0.15, 0.2) is 84.3 Å². The van der Waals surface area contributed by atoms with Gasteiger partial charge in [-0.15, -0.1) is 3.82 Å². The van der Waals surface area contributed by atoms with Crippen molar-refractivity contribution in [3.63, 3.8) is 0 Å². The van der Waals surface area contributed by atoms with Crippen molar-refractivity contribution >= 4 is 44.3 Å². The second-order valence-corrected chi connectivity index (χ2v) is 6.95. The normalized spacial score (nSPS) is 17.7. The Kier molecular flexibility index (Phi) is 5.23. The minimum Gasteiger partial charge on any atom is -0.237 e. The molecule has 0 saturated carbocycles. The monoisotopic (exact) mass is 341 g/mol. The molecule has 1 aliphatic heterocycles. The first kappa shape index (κ1) is 15.9. The van der Waals surface area contributed by atoms with Gasteiger partial charge in [-0.1, -0.05) is 66.8 Å². The molecule has 23 heavy (non-hydrogen) atoms. The van der Waals surface area contributed by atoms with Crippen LogP contribution in [0.2, 0.25) is 0 Å². The van der Waals surface area contributed by atoms with Crippen LogP contribution in [-0.2, 0) is 11.0 Å². The summed E-state index contributed by atoms with van der Waals surface area (Å²) in [7, 11) is -1.15. The van der Waals surface area contributed by atoms with Crippen molar-refractivity contribution in [1.29, 1.82) is 0 Å². The van der Waals surface area contributed by atoms with E-state index in [-0.39, 0.29) is 0 Å². The molecule has 0 radical (unpaired) electrons. The number of fused-ring (bicyclic) bond motifs is 2. The van der Waals surface area contributed by atoms with Crippen molar-refractivity contribution in [2.75, 3.05) is 6.54 Å². The third-order valence-corrected chi connectivity index (χ3v) is 4.98. The fourth-order valence-corrected chi connectivity index (χ4v) is 3.16. The summed E-state index contributed by atoms with van der Waals surface area (Å²) in [6, 6.07) is 21.4. The Balaban J connectivity index is 0.000000151. The van der Waals surface area contributed by atoms with Crippen LogP contribution in [0.4, 0.5) is 0 Å². The van der Waals surface area contributed by atoms with Crippen molar-refractivity contribution in [2.24, 2.45) is 0 Å². The van der Waals surface area contributed by atoms with Crippen LogP contribution in [0.5, 0.6) is 0 Å². The molecule has 4 heteroatoms. The van der Waals surface area contributed by atoms with Gasteiger partial charge in [0.05, 0.1) is 0 Å². The Hall–Kier alpha value is -1.94. The minimum atomic E-state index is -1.15. The summed E-state index contributed by atoms with van der Waals surface area (Å²) in [4.78, 5) is 0. The molecule has 1 atom stereocenters. The van der Waals surface area contributed by atoms with E-state index in [1.807, 2.05) is 12.2 Å². The van der Waals surface area contributed by atoms with E-state index in [0.29, 0.717) is 6.54 Å². The summed E-state index contributed by atoms with van der Waals surface area (Å²) in [6.45, 7) is 0.529. The van der Waals surface area contributed by atoms with E-state index in [1.165, 1.54) is 30.8 Å². The SMILES string of the molecule is O=S1C=CC=CCN1Cl.c1ccc2cc3ccccc3cc2c1. The van der Waals surface area contributed by atoms with Gasteiger partial charge < -0.3 is 0 Å². The second-order valence-electron chi connectivity index (χ2n) is 5.08. The lowest BCUT2D eigenvalue weighted by Gasteiger charge is -2.03. The van der Waals surface area contributed by atoms with E-state index in [9.17, 15) is 4.21 Å². The van der Waals surface area contributed by atoms with Gasteiger partial charge in [0, 0.05) is 12.0 Å². The van der Waals surface area contributed by atoms with Crippen LogP contribution >= 0.6 is 11.8 Å². The fourth-order valence-electron chi connectivity index (χ4n) is 2.36. The molecule has 3 aromatic rings. The topological polar surface area (TPSA) is 20.3 Å². The third kappa shape index (κ3) is 4.08. The highest BCUT2D eigenvalue weighted by Gasteiger charge is 2.04. The van der Waals surface area contributed by atoms with Crippen LogP contribution in [0.1, 0.15) is 0 Å². The summed E-state index contributed by atoms with van der Waals surface area (Å²) in [5, 5.41) is 6.78. The van der Waals surface area contributed by atoms with E-state index >= 15 is 0 Å². The predicted octanol–water partition coefficient (Wildman–Crippen LogP) is 5.18. The molecule has 116 valence electrons. The van der Waals surface area contributed by atoms with E-state index in [1.54, 1.807) is 6.08 Å². The van der Waals surface area contributed by atoms with Crippen LogP contribution in [-0.4, -0.2) is 14.6 Å². The quantitative estimate of drug-likeness (QED) is 0.407. The summed E-state index contributed by atoms with van der Waals surface area (Å²) in [5.41, 5.74) is 0. The number of benzene rings is 3. The Morgan fingerprint density at radius 3 is 1.78 bits per heavy atom. The predicted molar refractivity (Wildman–Crippen MR) is 100 cm³/mol. The van der Waals surface area contributed by atoms with Crippen LogP contribution in [0, 0.1) is 0 Å². The van der Waals surface area contributed by atoms with Gasteiger partial charge in [0.1, 0.15) is 11.0 Å². The fraction of sp³-hybridized carbons (Fsp3) is 0.0526. The maximum atomic E-state index is 10.8. The maximum absolute atomic E-state index is 10.8. The first-order valence-electron chi connectivity index (χ1n) is 7.29. The highest BCUT2D eigenvalue weighted by molar-refractivity contribution is 7.86. The summed E-state index contributed by atoms with van der Waals surface area (Å²) in [5.74, 6) is 0. The molecule has 1 aliphatic rings. The highest BCUT2D eigenvalue weighted by Crippen LogP contribution is 2.22. The number of halogens is 1. The lowest BCUT2D eigenvalue weighted by atomic mass is 10.0. The molecule has 0 amide bonds. The van der Waals surface area contributed by atoms with Crippen molar-refractivity contribution < 1.29 is 4.21 Å². The molecule has 0 aromatic heterocycles. The van der Waals surface area contributed by atoms with Crippen LogP contribution in [0.3, 0.4) is 0 Å². The van der Waals surface area contributed by atoms with Crippen LogP contribution < -0.4 is 0 Å². The minimum absolute atomic E-state index is 0.529. The standard InChI is InChI=1S/C14H10.C5H6ClNOS/c1-2-6-12-10-14-8-4-3-7-13(14)9-11(12)5-1;6-7-4-2-1-3-5-9(7)8/h1-10H;1-3,5H,4H2. The average molecular weight is 342 g/mol. The smallest absolute Gasteiger partial charge is 0.134 e. The molecule has 1 unspecified atom stereocenters. The number of hydrogen-bond acceptors (Lipinski definition) is 1. The molecule has 0 fully saturated rings. The van der Waals surface area contributed by atoms with Gasteiger partial charge in [-0.2, -0.15) is 0 Å². The number of nitrogens with zero attached hydrogens (tertiary/aromatic N) is 1. The van der Waals surface area contributed by atoms with E-state index in [0.717, 1.165) is 0 Å². The Morgan fingerprint density at radius 2 is 1.30 bits per heavy atom. The third-order valence-electron chi connectivity index (χ3n) is 3.50. The van der Waals surface area contributed by atoms with Crippen molar-refractivity contribution in [2.45, 2.75) is 0 Å². The molecular weight excluding hydrogens is 326 g/mol. The molecule has 0 saturated heterocycles. The number of hydrogen-bond donors (Lipinski definition) is 0. The van der Waals surface area contributed by atoms with Gasteiger partial charge in [-0.25, -0.2) is 4.21 Å². The molecule has 4 rings (SSSR count). The summed E-state index contributed by atoms with van der Waals surface area (Å²) < 4.78 is 12.0. The highest BCUT2D eigenvalue weighted by atomic mass is 35.5. The van der Waals surface area contributed by atoms with Crippen molar-refractivity contribution in [1.82, 2.24) is 3.82 Å². The second kappa shape index (κ2) is 7.55. The Bertz CT molecular complexity index is 799. The molecule has 0 spiro atoms. The van der Waals surface area contributed by atoms with Gasteiger partial charge >= 0.3 is 0 Å². The largest absolute Gasteiger partial charge is 0.237 e. The van der Waals surface area contributed by atoms with Gasteiger partial charge in [0.25, 0.3) is 0 Å². The number of rotatable bonds is 0. The Labute approximate surface area is 143 Å². The molecule has 0 bridgehead atoms. The first-order valence-corrected chi connectivity index (χ1v) is 8.80. The maximum Gasteiger partial charge on any atom is 0.134 e. The lowest BCUT2D eigenvalue weighted by Crippen LogP contribution is -2.11. The van der Waals surface area contributed by atoms with Crippen molar-refractivity contribution in [3.05, 3.63) is 84.3 Å². The zero-order valence-electron chi connectivity index (χ0n) is 12.4. The molecule has 1 heterocycles. The summed E-state index contributed by atoms with van der Waals surface area (Å²) >= 11 is 5.50. The van der Waals surface area contributed by atoms with E-state index in [4.69, 9.17) is 11.8 Å². The van der Waals surface area contributed by atoms with Gasteiger partial charge in [-0.3, -0.25) is 0 Å². The molecule has 2 nitrogen and oxygen atoms in total.